The van der Waals surface area contributed by atoms with Crippen LogP contribution in [0.5, 0.6) is 0 Å². The van der Waals surface area contributed by atoms with Crippen molar-refractivity contribution in [3.05, 3.63) is 11.1 Å². The molecule has 0 aromatic carbocycles. The van der Waals surface area contributed by atoms with E-state index < -0.39 is 12.0 Å². The molecule has 0 amide bonds. The first-order valence-electron chi connectivity index (χ1n) is 6.83. The minimum atomic E-state index is -1.04. The quantitative estimate of drug-likeness (QED) is 0.712. The molecule has 2 aliphatic carbocycles. The normalized spacial score (nSPS) is 20.5. The Labute approximate surface area is 116 Å². The predicted octanol–water partition coefficient (Wildman–Crippen LogP) is 2.08. The summed E-state index contributed by atoms with van der Waals surface area (Å²) in [6.07, 6.45) is 5.48. The highest BCUT2D eigenvalue weighted by Crippen LogP contribution is 2.49. The lowest BCUT2D eigenvalue weighted by atomic mass is 9.98. The third-order valence-electron chi connectivity index (χ3n) is 4.05. The second kappa shape index (κ2) is 5.09. The number of nitrogens with one attached hydrogen (secondary N) is 1. The van der Waals surface area contributed by atoms with Gasteiger partial charge in [0.2, 0.25) is 0 Å². The molecule has 1 atom stereocenters. The number of hydrogen-bond acceptors (Lipinski definition) is 5. The molecule has 0 radical (unpaired) electrons. The van der Waals surface area contributed by atoms with E-state index in [4.69, 9.17) is 10.8 Å². The van der Waals surface area contributed by atoms with Gasteiger partial charge in [-0.25, -0.2) is 4.98 Å². The standard InChI is InChI=1S/C13H19N3O2S/c14-11(12(17)18)10-6-19-13(16-10)15-5-9(7-1-2-7)8-3-4-8/h6-9,11H,1-5,14H2,(H,15,16)(H,17,18). The zero-order valence-corrected chi connectivity index (χ0v) is 11.5. The fraction of sp³-hybridized carbons (Fsp3) is 0.692. The van der Waals surface area contributed by atoms with Gasteiger partial charge in [-0.1, -0.05) is 0 Å². The van der Waals surface area contributed by atoms with E-state index in [2.05, 4.69) is 10.3 Å². The zero-order valence-electron chi connectivity index (χ0n) is 10.7. The van der Waals surface area contributed by atoms with E-state index in [0.29, 0.717) is 5.69 Å². The van der Waals surface area contributed by atoms with Crippen molar-refractivity contribution in [2.45, 2.75) is 31.7 Å². The average molecular weight is 281 g/mol. The molecule has 0 saturated heterocycles. The van der Waals surface area contributed by atoms with Crippen LogP contribution in [0.2, 0.25) is 0 Å². The summed E-state index contributed by atoms with van der Waals surface area (Å²) in [5, 5.41) is 14.7. The molecule has 1 aromatic rings. The Bertz CT molecular complexity index is 456. The highest BCUT2D eigenvalue weighted by molar-refractivity contribution is 7.13. The predicted molar refractivity (Wildman–Crippen MR) is 74.1 cm³/mol. The van der Waals surface area contributed by atoms with Gasteiger partial charge in [0.05, 0.1) is 5.69 Å². The molecule has 0 spiro atoms. The third kappa shape index (κ3) is 3.06. The number of aromatic nitrogens is 1. The van der Waals surface area contributed by atoms with E-state index >= 15 is 0 Å². The average Bonchev–Trinajstić information content (AvgIpc) is 3.29. The molecule has 0 bridgehead atoms. The maximum atomic E-state index is 10.8. The van der Waals surface area contributed by atoms with Gasteiger partial charge in [0, 0.05) is 11.9 Å². The molecule has 19 heavy (non-hydrogen) atoms. The van der Waals surface area contributed by atoms with Crippen molar-refractivity contribution in [3.63, 3.8) is 0 Å². The van der Waals surface area contributed by atoms with E-state index in [-0.39, 0.29) is 0 Å². The van der Waals surface area contributed by atoms with Crippen LogP contribution in [0.3, 0.4) is 0 Å². The van der Waals surface area contributed by atoms with Gasteiger partial charge in [0.1, 0.15) is 6.04 Å². The van der Waals surface area contributed by atoms with Crippen molar-refractivity contribution < 1.29 is 9.90 Å². The maximum Gasteiger partial charge on any atom is 0.326 e. The lowest BCUT2D eigenvalue weighted by Gasteiger charge is -2.15. The lowest BCUT2D eigenvalue weighted by molar-refractivity contribution is -0.138. The molecule has 1 aromatic heterocycles. The van der Waals surface area contributed by atoms with Gasteiger partial charge < -0.3 is 16.2 Å². The first kappa shape index (κ1) is 12.9. The maximum absolute atomic E-state index is 10.8. The highest BCUT2D eigenvalue weighted by Gasteiger charge is 2.41. The second-order valence-corrected chi connectivity index (χ2v) is 6.47. The van der Waals surface area contributed by atoms with Gasteiger partial charge in [-0.2, -0.15) is 0 Å². The Hall–Kier alpha value is -1.14. The molecule has 4 N–H and O–H groups in total. The number of aliphatic carboxylic acids is 1. The van der Waals surface area contributed by atoms with Crippen molar-refractivity contribution in [2.24, 2.45) is 23.5 Å². The molecule has 1 heterocycles. The first-order valence-corrected chi connectivity index (χ1v) is 7.71. The lowest BCUT2D eigenvalue weighted by Crippen LogP contribution is -2.21. The fourth-order valence-electron chi connectivity index (χ4n) is 2.61. The summed E-state index contributed by atoms with van der Waals surface area (Å²) in [7, 11) is 0. The summed E-state index contributed by atoms with van der Waals surface area (Å²) in [5.41, 5.74) is 5.98. The number of hydrogen-bond donors (Lipinski definition) is 3. The number of carboxylic acid groups (broad SMARTS) is 1. The molecular formula is C13H19N3O2S. The highest BCUT2D eigenvalue weighted by atomic mass is 32.1. The van der Waals surface area contributed by atoms with Crippen LogP contribution >= 0.6 is 11.3 Å². The topological polar surface area (TPSA) is 88.2 Å². The van der Waals surface area contributed by atoms with Crippen LogP contribution in [0.1, 0.15) is 37.4 Å². The number of rotatable bonds is 7. The van der Waals surface area contributed by atoms with Crippen molar-refractivity contribution in [3.8, 4) is 0 Å². The summed E-state index contributed by atoms with van der Waals surface area (Å²) < 4.78 is 0. The third-order valence-corrected chi connectivity index (χ3v) is 4.87. The summed E-state index contributed by atoms with van der Waals surface area (Å²) in [5.74, 6) is 1.55. The minimum Gasteiger partial charge on any atom is -0.480 e. The summed E-state index contributed by atoms with van der Waals surface area (Å²) in [6, 6.07) is -1.02. The van der Waals surface area contributed by atoms with Crippen molar-refractivity contribution in [1.82, 2.24) is 4.98 Å². The van der Waals surface area contributed by atoms with Crippen LogP contribution in [-0.2, 0) is 4.79 Å². The molecule has 2 fully saturated rings. The van der Waals surface area contributed by atoms with Gasteiger partial charge in [-0.15, -0.1) is 11.3 Å². The largest absolute Gasteiger partial charge is 0.480 e. The van der Waals surface area contributed by atoms with Crippen LogP contribution in [-0.4, -0.2) is 22.6 Å². The van der Waals surface area contributed by atoms with Crippen molar-refractivity contribution >= 4 is 22.4 Å². The number of carboxylic acids is 1. The molecular weight excluding hydrogens is 262 g/mol. The summed E-state index contributed by atoms with van der Waals surface area (Å²) in [6.45, 7) is 0.963. The van der Waals surface area contributed by atoms with Crippen LogP contribution in [0.4, 0.5) is 5.13 Å². The summed E-state index contributed by atoms with van der Waals surface area (Å²) in [4.78, 5) is 15.1. The molecule has 5 nitrogen and oxygen atoms in total. The molecule has 2 aliphatic rings. The van der Waals surface area contributed by atoms with Crippen LogP contribution in [0.15, 0.2) is 5.38 Å². The van der Waals surface area contributed by atoms with Crippen molar-refractivity contribution in [2.75, 3.05) is 11.9 Å². The van der Waals surface area contributed by atoms with E-state index in [1.165, 1.54) is 37.0 Å². The molecule has 6 heteroatoms. The number of thiazole rings is 1. The van der Waals surface area contributed by atoms with Crippen LogP contribution in [0.25, 0.3) is 0 Å². The SMILES string of the molecule is NC(C(=O)O)c1csc(NCC(C2CC2)C2CC2)n1. The Balaban J connectivity index is 1.56. The smallest absolute Gasteiger partial charge is 0.326 e. The Morgan fingerprint density at radius 1 is 1.47 bits per heavy atom. The Morgan fingerprint density at radius 3 is 2.63 bits per heavy atom. The van der Waals surface area contributed by atoms with Gasteiger partial charge in [-0.3, -0.25) is 4.79 Å². The van der Waals surface area contributed by atoms with Gasteiger partial charge >= 0.3 is 5.97 Å². The number of anilines is 1. The number of nitrogens with zero attached hydrogens (tertiary/aromatic N) is 1. The Morgan fingerprint density at radius 2 is 2.11 bits per heavy atom. The van der Waals surface area contributed by atoms with Gasteiger partial charge in [-0.05, 0) is 43.4 Å². The zero-order chi connectivity index (χ0) is 13.4. The second-order valence-electron chi connectivity index (χ2n) is 5.61. The van der Waals surface area contributed by atoms with Gasteiger partial charge in [0.25, 0.3) is 0 Å². The van der Waals surface area contributed by atoms with E-state index in [9.17, 15) is 4.79 Å². The molecule has 2 saturated carbocycles. The van der Waals surface area contributed by atoms with Crippen LogP contribution in [0, 0.1) is 17.8 Å². The van der Waals surface area contributed by atoms with E-state index in [1.807, 2.05) is 0 Å². The van der Waals surface area contributed by atoms with Crippen molar-refractivity contribution in [1.29, 1.82) is 0 Å². The first-order chi connectivity index (χ1) is 9.15. The Kier molecular flexibility index (Phi) is 3.45. The van der Waals surface area contributed by atoms with Gasteiger partial charge in [0.15, 0.2) is 5.13 Å². The number of nitrogens with two attached hydrogens (primary N) is 1. The minimum absolute atomic E-state index is 0.439. The monoisotopic (exact) mass is 281 g/mol. The van der Waals surface area contributed by atoms with E-state index in [0.717, 1.165) is 29.4 Å². The fourth-order valence-corrected chi connectivity index (χ4v) is 3.37. The molecule has 3 rings (SSSR count). The summed E-state index contributed by atoms with van der Waals surface area (Å²) >= 11 is 1.44. The number of carbonyl (C=O) groups is 1. The molecule has 104 valence electrons. The molecule has 0 aliphatic heterocycles. The van der Waals surface area contributed by atoms with E-state index in [1.54, 1.807) is 5.38 Å². The molecule has 1 unspecified atom stereocenters. The van der Waals surface area contributed by atoms with Crippen LogP contribution < -0.4 is 11.1 Å².